The van der Waals surface area contributed by atoms with Crippen LogP contribution in [0.5, 0.6) is 0 Å². The zero-order valence-corrected chi connectivity index (χ0v) is 13.9. The van der Waals surface area contributed by atoms with E-state index in [2.05, 4.69) is 20.6 Å². The highest BCUT2D eigenvalue weighted by Gasteiger charge is 2.20. The van der Waals surface area contributed by atoms with Gasteiger partial charge in [-0.15, -0.1) is 0 Å². The van der Waals surface area contributed by atoms with Crippen LogP contribution in [0.1, 0.15) is 17.4 Å². The largest absolute Gasteiger partial charge is 0.378 e. The number of nitrogens with one attached hydrogen (secondary N) is 2. The predicted octanol–water partition coefficient (Wildman–Crippen LogP) is 1.65. The number of morpholine rings is 1. The summed E-state index contributed by atoms with van der Waals surface area (Å²) in [6.45, 7) is 3.65. The molecule has 0 saturated carbocycles. The Hall–Kier alpha value is -3.00. The first-order chi connectivity index (χ1) is 12.1. The molecule has 1 fully saturated rings. The highest BCUT2D eigenvalue weighted by molar-refractivity contribution is 5.93. The molecule has 0 atom stereocenters. The van der Waals surface area contributed by atoms with E-state index < -0.39 is 0 Å². The number of amides is 2. The van der Waals surface area contributed by atoms with E-state index >= 15 is 0 Å². The zero-order chi connectivity index (χ0) is 17.6. The number of benzene rings is 1. The van der Waals surface area contributed by atoms with Gasteiger partial charge in [-0.25, -0.2) is 9.97 Å². The van der Waals surface area contributed by atoms with E-state index in [1.807, 2.05) is 12.1 Å². The Morgan fingerprint density at radius 2 is 1.88 bits per heavy atom. The molecule has 0 bridgehead atoms. The topological polar surface area (TPSA) is 96.5 Å². The van der Waals surface area contributed by atoms with E-state index in [0.717, 1.165) is 5.69 Å². The summed E-state index contributed by atoms with van der Waals surface area (Å²) in [7, 11) is 0. The molecule has 0 aliphatic carbocycles. The van der Waals surface area contributed by atoms with Crippen LogP contribution in [0.15, 0.2) is 36.7 Å². The maximum Gasteiger partial charge on any atom is 0.272 e. The molecule has 8 nitrogen and oxygen atoms in total. The minimum Gasteiger partial charge on any atom is -0.378 e. The van der Waals surface area contributed by atoms with Crippen molar-refractivity contribution in [3.8, 4) is 0 Å². The number of carbonyl (C=O) groups is 2. The van der Waals surface area contributed by atoms with Gasteiger partial charge >= 0.3 is 0 Å². The van der Waals surface area contributed by atoms with Crippen LogP contribution in [-0.4, -0.2) is 53.0 Å². The Balaban J connectivity index is 1.73. The predicted molar refractivity (Wildman–Crippen MR) is 92.8 cm³/mol. The van der Waals surface area contributed by atoms with Gasteiger partial charge in [-0.1, -0.05) is 6.07 Å². The molecule has 0 spiro atoms. The fraction of sp³-hybridized carbons (Fsp3) is 0.294. The van der Waals surface area contributed by atoms with Crippen LogP contribution < -0.4 is 10.6 Å². The second-order valence-electron chi connectivity index (χ2n) is 5.58. The average Bonchev–Trinajstić information content (AvgIpc) is 2.62. The van der Waals surface area contributed by atoms with Crippen molar-refractivity contribution in [3.05, 3.63) is 42.4 Å². The average molecular weight is 341 g/mol. The summed E-state index contributed by atoms with van der Waals surface area (Å²) in [5.41, 5.74) is 1.75. The lowest BCUT2D eigenvalue weighted by Crippen LogP contribution is -2.41. The molecule has 130 valence electrons. The Morgan fingerprint density at radius 3 is 2.64 bits per heavy atom. The lowest BCUT2D eigenvalue weighted by atomic mass is 10.2. The van der Waals surface area contributed by atoms with Gasteiger partial charge in [0.05, 0.1) is 13.2 Å². The first-order valence-corrected chi connectivity index (χ1v) is 7.95. The summed E-state index contributed by atoms with van der Waals surface area (Å²) >= 11 is 0. The van der Waals surface area contributed by atoms with Crippen molar-refractivity contribution in [1.82, 2.24) is 14.9 Å². The molecule has 0 unspecified atom stereocenters. The van der Waals surface area contributed by atoms with Crippen LogP contribution in [0.25, 0.3) is 0 Å². The standard InChI is InChI=1S/C17H19N5O3/c1-12(23)20-13-3-2-4-14(9-13)21-16-10-15(18-11-19-16)17(24)22-5-7-25-8-6-22/h2-4,9-11H,5-8H2,1H3,(H,20,23)(H,18,19,21). The number of aromatic nitrogens is 2. The molecule has 1 aliphatic rings. The second-order valence-corrected chi connectivity index (χ2v) is 5.58. The van der Waals surface area contributed by atoms with Crippen LogP contribution in [0, 0.1) is 0 Å². The molecular formula is C17H19N5O3. The minimum absolute atomic E-state index is 0.138. The zero-order valence-electron chi connectivity index (χ0n) is 13.9. The van der Waals surface area contributed by atoms with Crippen molar-refractivity contribution in [2.75, 3.05) is 36.9 Å². The number of rotatable bonds is 4. The fourth-order valence-corrected chi connectivity index (χ4v) is 2.50. The SMILES string of the molecule is CC(=O)Nc1cccc(Nc2cc(C(=O)N3CCOCC3)ncn2)c1. The van der Waals surface area contributed by atoms with E-state index in [9.17, 15) is 9.59 Å². The number of hydrogen-bond acceptors (Lipinski definition) is 6. The van der Waals surface area contributed by atoms with Crippen LogP contribution in [0.2, 0.25) is 0 Å². The van der Waals surface area contributed by atoms with Gasteiger partial charge in [-0.3, -0.25) is 9.59 Å². The third kappa shape index (κ3) is 4.51. The Labute approximate surface area is 145 Å². The first kappa shape index (κ1) is 16.8. The summed E-state index contributed by atoms with van der Waals surface area (Å²) < 4.78 is 5.26. The molecule has 0 radical (unpaired) electrons. The molecule has 8 heteroatoms. The normalized spacial score (nSPS) is 14.0. The van der Waals surface area contributed by atoms with Gasteiger partial charge in [0.1, 0.15) is 17.8 Å². The number of hydrogen-bond donors (Lipinski definition) is 2. The monoisotopic (exact) mass is 341 g/mol. The molecule has 3 rings (SSSR count). The van der Waals surface area contributed by atoms with Crippen LogP contribution >= 0.6 is 0 Å². The van der Waals surface area contributed by atoms with Crippen molar-refractivity contribution >= 4 is 29.0 Å². The van der Waals surface area contributed by atoms with Gasteiger partial charge in [-0.05, 0) is 18.2 Å². The molecular weight excluding hydrogens is 322 g/mol. The van der Waals surface area contributed by atoms with Crippen LogP contribution in [0.4, 0.5) is 17.2 Å². The van der Waals surface area contributed by atoms with Gasteiger partial charge in [0.25, 0.3) is 5.91 Å². The Kier molecular flexibility index (Phi) is 5.20. The number of carbonyl (C=O) groups excluding carboxylic acids is 2. The van der Waals surface area contributed by atoms with E-state index in [1.54, 1.807) is 23.1 Å². The summed E-state index contributed by atoms with van der Waals surface area (Å²) in [6.07, 6.45) is 1.35. The van der Waals surface area contributed by atoms with Gasteiger partial charge in [0.2, 0.25) is 5.91 Å². The van der Waals surface area contributed by atoms with E-state index in [1.165, 1.54) is 13.3 Å². The van der Waals surface area contributed by atoms with E-state index in [4.69, 9.17) is 4.74 Å². The molecule has 2 amide bonds. The first-order valence-electron chi connectivity index (χ1n) is 7.95. The molecule has 2 aromatic rings. The third-order valence-electron chi connectivity index (χ3n) is 3.64. The van der Waals surface area contributed by atoms with Crippen LogP contribution in [0.3, 0.4) is 0 Å². The van der Waals surface area contributed by atoms with Gasteiger partial charge in [-0.2, -0.15) is 0 Å². The highest BCUT2D eigenvalue weighted by atomic mass is 16.5. The van der Waals surface area contributed by atoms with Crippen molar-refractivity contribution < 1.29 is 14.3 Å². The maximum absolute atomic E-state index is 12.5. The summed E-state index contributed by atoms with van der Waals surface area (Å²) in [5, 5.41) is 5.84. The lowest BCUT2D eigenvalue weighted by Gasteiger charge is -2.26. The summed E-state index contributed by atoms with van der Waals surface area (Å²) in [5.74, 6) is 0.227. The molecule has 1 aliphatic heterocycles. The molecule has 2 heterocycles. The third-order valence-corrected chi connectivity index (χ3v) is 3.64. The molecule has 1 aromatic carbocycles. The van der Waals surface area contributed by atoms with Crippen molar-refractivity contribution in [3.63, 3.8) is 0 Å². The highest BCUT2D eigenvalue weighted by Crippen LogP contribution is 2.19. The van der Waals surface area contributed by atoms with Crippen LogP contribution in [-0.2, 0) is 9.53 Å². The molecule has 1 aromatic heterocycles. The molecule has 2 N–H and O–H groups in total. The van der Waals surface area contributed by atoms with E-state index in [0.29, 0.717) is 43.5 Å². The maximum atomic E-state index is 12.5. The minimum atomic E-state index is -0.141. The van der Waals surface area contributed by atoms with Crippen molar-refractivity contribution in [1.29, 1.82) is 0 Å². The summed E-state index contributed by atoms with van der Waals surface area (Å²) in [4.78, 5) is 33.6. The van der Waals surface area contributed by atoms with Gasteiger partial charge < -0.3 is 20.3 Å². The summed E-state index contributed by atoms with van der Waals surface area (Å²) in [6, 6.07) is 8.85. The van der Waals surface area contributed by atoms with Crippen molar-refractivity contribution in [2.45, 2.75) is 6.92 Å². The lowest BCUT2D eigenvalue weighted by molar-refractivity contribution is -0.114. The number of nitrogens with zero attached hydrogens (tertiary/aromatic N) is 3. The second kappa shape index (κ2) is 7.71. The van der Waals surface area contributed by atoms with Gasteiger partial charge in [0, 0.05) is 37.5 Å². The van der Waals surface area contributed by atoms with Crippen molar-refractivity contribution in [2.24, 2.45) is 0 Å². The quantitative estimate of drug-likeness (QED) is 0.878. The fourth-order valence-electron chi connectivity index (χ4n) is 2.50. The number of ether oxygens (including phenoxy) is 1. The van der Waals surface area contributed by atoms with Gasteiger partial charge in [0.15, 0.2) is 0 Å². The molecule has 25 heavy (non-hydrogen) atoms. The Morgan fingerprint density at radius 1 is 1.12 bits per heavy atom. The number of anilines is 3. The molecule has 1 saturated heterocycles. The smallest absolute Gasteiger partial charge is 0.272 e. The Bertz CT molecular complexity index is 774. The van der Waals surface area contributed by atoms with E-state index in [-0.39, 0.29) is 11.8 Å².